The lowest BCUT2D eigenvalue weighted by atomic mass is 9.79. The zero-order valence-electron chi connectivity index (χ0n) is 9.30. The fourth-order valence-corrected chi connectivity index (χ4v) is 2.30. The molecular formula is C13H16O2. The molecular weight excluding hydrogens is 188 g/mol. The molecule has 0 radical (unpaired) electrons. The highest BCUT2D eigenvalue weighted by molar-refractivity contribution is 6.50. The fourth-order valence-electron chi connectivity index (χ4n) is 2.30. The Morgan fingerprint density at radius 2 is 1.73 bits per heavy atom. The Balaban J connectivity index is 2.45. The molecule has 0 unspecified atom stereocenters. The summed E-state index contributed by atoms with van der Waals surface area (Å²) in [6.45, 7) is 3.93. The first kappa shape index (κ1) is 10.3. The molecule has 0 heterocycles. The second-order valence-electron chi connectivity index (χ2n) is 4.62. The third-order valence-corrected chi connectivity index (χ3v) is 3.20. The number of hydrogen-bond acceptors (Lipinski definition) is 2. The van der Waals surface area contributed by atoms with E-state index >= 15 is 0 Å². The summed E-state index contributed by atoms with van der Waals surface area (Å²) in [5, 5.41) is 0. The minimum atomic E-state index is -0.273. The predicted octanol–water partition coefficient (Wildman–Crippen LogP) is 2.59. The highest BCUT2D eigenvalue weighted by Crippen LogP contribution is 2.32. The molecule has 0 aromatic carbocycles. The summed E-state index contributed by atoms with van der Waals surface area (Å²) in [6, 6.07) is 0. The maximum Gasteiger partial charge on any atom is 0.229 e. The van der Waals surface area contributed by atoms with E-state index in [-0.39, 0.29) is 17.5 Å². The molecule has 2 nitrogen and oxygen atoms in total. The van der Waals surface area contributed by atoms with Gasteiger partial charge in [-0.3, -0.25) is 9.59 Å². The Bertz CT molecular complexity index is 383. The van der Waals surface area contributed by atoms with Crippen molar-refractivity contribution in [1.29, 1.82) is 0 Å². The molecule has 0 aliphatic heterocycles. The molecule has 0 saturated carbocycles. The molecule has 0 fully saturated rings. The van der Waals surface area contributed by atoms with Crippen molar-refractivity contribution in [3.8, 4) is 0 Å². The summed E-state index contributed by atoms with van der Waals surface area (Å²) in [7, 11) is 0. The summed E-state index contributed by atoms with van der Waals surface area (Å²) < 4.78 is 0. The molecule has 2 aliphatic carbocycles. The minimum Gasteiger partial charge on any atom is -0.285 e. The Hall–Kier alpha value is -1.18. The van der Waals surface area contributed by atoms with Crippen molar-refractivity contribution in [1.82, 2.24) is 0 Å². The zero-order chi connectivity index (χ0) is 11.0. The van der Waals surface area contributed by atoms with E-state index in [1.165, 1.54) is 0 Å². The van der Waals surface area contributed by atoms with E-state index in [9.17, 15) is 9.59 Å². The monoisotopic (exact) mass is 204 g/mol. The molecule has 0 aromatic heterocycles. The molecule has 2 aliphatic rings. The topological polar surface area (TPSA) is 34.1 Å². The molecule has 0 spiro atoms. The van der Waals surface area contributed by atoms with E-state index in [1.807, 2.05) is 19.9 Å². The van der Waals surface area contributed by atoms with Gasteiger partial charge in [0, 0.05) is 11.1 Å². The second-order valence-corrected chi connectivity index (χ2v) is 4.62. The van der Waals surface area contributed by atoms with Gasteiger partial charge in [0.1, 0.15) is 0 Å². The lowest BCUT2D eigenvalue weighted by Crippen LogP contribution is -2.27. The normalized spacial score (nSPS) is 21.9. The summed E-state index contributed by atoms with van der Waals surface area (Å²) in [5.41, 5.74) is 2.60. The fraction of sp³-hybridized carbons (Fsp3) is 0.538. The van der Waals surface area contributed by atoms with Gasteiger partial charge in [0.2, 0.25) is 11.6 Å². The van der Waals surface area contributed by atoms with Crippen molar-refractivity contribution in [2.24, 2.45) is 5.92 Å². The third-order valence-electron chi connectivity index (χ3n) is 3.20. The molecule has 0 N–H and O–H groups in total. The highest BCUT2D eigenvalue weighted by atomic mass is 16.2. The lowest BCUT2D eigenvalue weighted by Gasteiger charge is -2.23. The molecule has 2 heteroatoms. The third kappa shape index (κ3) is 1.69. The van der Waals surface area contributed by atoms with Crippen molar-refractivity contribution in [3.05, 3.63) is 22.8 Å². The number of ketones is 2. The zero-order valence-corrected chi connectivity index (χ0v) is 9.30. The maximum absolute atomic E-state index is 11.8. The van der Waals surface area contributed by atoms with Crippen molar-refractivity contribution in [2.75, 3.05) is 0 Å². The van der Waals surface area contributed by atoms with Gasteiger partial charge in [-0.05, 0) is 37.2 Å². The second kappa shape index (κ2) is 3.76. The summed E-state index contributed by atoms with van der Waals surface area (Å²) in [5.74, 6) is -0.362. The van der Waals surface area contributed by atoms with Gasteiger partial charge in [-0.2, -0.15) is 0 Å². The number of rotatable bonds is 1. The standard InChI is InChI=1S/C13H16O2/c1-8(2)11-7-9-5-3-4-6-10(9)12(14)13(11)15/h7-8H,3-6H2,1-2H3. The molecule has 15 heavy (non-hydrogen) atoms. The molecule has 0 aromatic rings. The van der Waals surface area contributed by atoms with Crippen LogP contribution >= 0.6 is 0 Å². The first-order chi connectivity index (χ1) is 7.11. The van der Waals surface area contributed by atoms with Gasteiger partial charge in [-0.25, -0.2) is 0 Å². The first-order valence-corrected chi connectivity index (χ1v) is 5.64. The molecule has 0 atom stereocenters. The molecule has 0 amide bonds. The van der Waals surface area contributed by atoms with Gasteiger partial charge >= 0.3 is 0 Å². The van der Waals surface area contributed by atoms with E-state index in [4.69, 9.17) is 0 Å². The van der Waals surface area contributed by atoms with E-state index in [1.54, 1.807) is 0 Å². The van der Waals surface area contributed by atoms with Crippen LogP contribution in [0.2, 0.25) is 0 Å². The average molecular weight is 204 g/mol. The quantitative estimate of drug-likeness (QED) is 0.486. The van der Waals surface area contributed by atoms with Crippen LogP contribution in [0.25, 0.3) is 0 Å². The largest absolute Gasteiger partial charge is 0.285 e. The smallest absolute Gasteiger partial charge is 0.229 e. The molecule has 80 valence electrons. The number of hydrogen-bond donors (Lipinski definition) is 0. The van der Waals surface area contributed by atoms with Crippen LogP contribution in [-0.2, 0) is 9.59 Å². The van der Waals surface area contributed by atoms with Crippen molar-refractivity contribution < 1.29 is 9.59 Å². The summed E-state index contributed by atoms with van der Waals surface area (Å²) in [6.07, 6.45) is 5.90. The molecule has 0 bridgehead atoms. The highest BCUT2D eigenvalue weighted by Gasteiger charge is 2.31. The van der Waals surface area contributed by atoms with Crippen LogP contribution < -0.4 is 0 Å². The van der Waals surface area contributed by atoms with E-state index in [0.29, 0.717) is 5.57 Å². The number of allylic oxidation sites excluding steroid dienone is 4. The van der Waals surface area contributed by atoms with Crippen LogP contribution in [0.1, 0.15) is 39.5 Å². The van der Waals surface area contributed by atoms with Crippen LogP contribution in [-0.4, -0.2) is 11.6 Å². The van der Waals surface area contributed by atoms with Crippen LogP contribution in [0, 0.1) is 5.92 Å². The van der Waals surface area contributed by atoms with Gasteiger partial charge in [0.15, 0.2) is 0 Å². The van der Waals surface area contributed by atoms with Crippen molar-refractivity contribution in [2.45, 2.75) is 39.5 Å². The van der Waals surface area contributed by atoms with Gasteiger partial charge in [-0.15, -0.1) is 0 Å². The Kier molecular flexibility index (Phi) is 2.59. The van der Waals surface area contributed by atoms with E-state index in [2.05, 4.69) is 0 Å². The lowest BCUT2D eigenvalue weighted by molar-refractivity contribution is -0.132. The number of carbonyl (C=O) groups is 2. The van der Waals surface area contributed by atoms with Crippen LogP contribution in [0.5, 0.6) is 0 Å². The van der Waals surface area contributed by atoms with Crippen LogP contribution in [0.3, 0.4) is 0 Å². The van der Waals surface area contributed by atoms with Crippen molar-refractivity contribution >= 4 is 11.6 Å². The molecule has 0 saturated heterocycles. The average Bonchev–Trinajstić information content (AvgIpc) is 2.23. The van der Waals surface area contributed by atoms with Crippen LogP contribution in [0.15, 0.2) is 22.8 Å². The minimum absolute atomic E-state index is 0.150. The van der Waals surface area contributed by atoms with E-state index < -0.39 is 0 Å². The van der Waals surface area contributed by atoms with Crippen LogP contribution in [0.4, 0.5) is 0 Å². The van der Waals surface area contributed by atoms with E-state index in [0.717, 1.165) is 36.8 Å². The van der Waals surface area contributed by atoms with Gasteiger partial charge in [0.25, 0.3) is 0 Å². The SMILES string of the molecule is CC(C)C1=CC2=C(CCCC2)C(=O)C1=O. The predicted molar refractivity (Wildman–Crippen MR) is 58.4 cm³/mol. The summed E-state index contributed by atoms with van der Waals surface area (Å²) >= 11 is 0. The number of Topliss-reactive ketones (excluding diaryl/α,β-unsaturated/α-hetero) is 2. The Labute approximate surface area is 90.1 Å². The molecule has 2 rings (SSSR count). The van der Waals surface area contributed by atoms with Gasteiger partial charge < -0.3 is 0 Å². The first-order valence-electron chi connectivity index (χ1n) is 5.64. The summed E-state index contributed by atoms with van der Waals surface area (Å²) in [4.78, 5) is 23.6. The van der Waals surface area contributed by atoms with Crippen molar-refractivity contribution in [3.63, 3.8) is 0 Å². The van der Waals surface area contributed by atoms with Gasteiger partial charge in [0.05, 0.1) is 0 Å². The maximum atomic E-state index is 11.8. The Morgan fingerprint density at radius 3 is 2.40 bits per heavy atom. The number of carbonyl (C=O) groups excluding carboxylic acids is 2. The van der Waals surface area contributed by atoms with Gasteiger partial charge in [-0.1, -0.05) is 19.9 Å². The Morgan fingerprint density at radius 1 is 1.07 bits per heavy atom.